The van der Waals surface area contributed by atoms with E-state index >= 15 is 0 Å². The van der Waals surface area contributed by atoms with Crippen molar-refractivity contribution in [2.24, 2.45) is 5.10 Å². The van der Waals surface area contributed by atoms with E-state index in [4.69, 9.17) is 21.7 Å². The summed E-state index contributed by atoms with van der Waals surface area (Å²) >= 11 is 4.88. The maximum atomic E-state index is 14.5. The number of ether oxygens (including phenoxy) is 2. The lowest BCUT2D eigenvalue weighted by atomic mass is 10.2. The van der Waals surface area contributed by atoms with Gasteiger partial charge in [-0.05, 0) is 30.4 Å². The quantitative estimate of drug-likeness (QED) is 0.770. The lowest BCUT2D eigenvalue weighted by Gasteiger charge is -2.24. The van der Waals surface area contributed by atoms with Crippen LogP contribution in [0.15, 0.2) is 23.3 Å². The third-order valence-corrected chi connectivity index (χ3v) is 4.15. The van der Waals surface area contributed by atoms with E-state index in [-0.39, 0.29) is 5.17 Å². The van der Waals surface area contributed by atoms with Crippen molar-refractivity contribution in [3.8, 4) is 0 Å². The van der Waals surface area contributed by atoms with Crippen molar-refractivity contribution in [3.05, 3.63) is 24.0 Å². The highest BCUT2D eigenvalue weighted by molar-refractivity contribution is 7.80. The first-order valence-electron chi connectivity index (χ1n) is 7.70. The van der Waals surface area contributed by atoms with Gasteiger partial charge in [-0.15, -0.1) is 0 Å². The Bertz CT molecular complexity index is 702. The topological polar surface area (TPSA) is 78.4 Å². The van der Waals surface area contributed by atoms with Gasteiger partial charge >= 0.3 is 6.09 Å². The molecule has 0 spiro atoms. The van der Waals surface area contributed by atoms with Gasteiger partial charge in [-0.3, -0.25) is 4.90 Å². The van der Waals surface area contributed by atoms with Crippen LogP contribution in [-0.2, 0) is 9.47 Å². The zero-order valence-corrected chi connectivity index (χ0v) is 14.4. The van der Waals surface area contributed by atoms with Crippen LogP contribution < -0.4 is 20.5 Å². The number of rotatable bonds is 4. The first kappa shape index (κ1) is 17.2. The van der Waals surface area contributed by atoms with Crippen LogP contribution in [0.3, 0.4) is 0 Å². The van der Waals surface area contributed by atoms with Gasteiger partial charge < -0.3 is 25.1 Å². The number of hydrazone groups is 1. The summed E-state index contributed by atoms with van der Waals surface area (Å²) < 4.78 is 24.6. The number of hydrogen-bond acceptors (Lipinski definition) is 7. The molecule has 3 rings (SSSR count). The summed E-state index contributed by atoms with van der Waals surface area (Å²) in [6.45, 7) is 1.87. The molecule has 2 N–H and O–H groups in total. The van der Waals surface area contributed by atoms with Crippen molar-refractivity contribution >= 4 is 41.2 Å². The molecular formula is C15H18FN5O3S. The number of hydrogen-bond donors (Lipinski definition) is 2. The molecule has 1 aromatic rings. The number of methoxy groups -OCH3 is 1. The van der Waals surface area contributed by atoms with Crippen LogP contribution in [0, 0.1) is 5.82 Å². The van der Waals surface area contributed by atoms with Crippen molar-refractivity contribution in [3.63, 3.8) is 0 Å². The molecular weight excluding hydrogens is 349 g/mol. The normalized spacial score (nSPS) is 19.4. The van der Waals surface area contributed by atoms with E-state index in [9.17, 15) is 9.18 Å². The predicted molar refractivity (Wildman–Crippen MR) is 95.5 cm³/mol. The van der Waals surface area contributed by atoms with Crippen LogP contribution in [-0.4, -0.2) is 57.0 Å². The fraction of sp³-hybridized carbons (Fsp3) is 0.400. The van der Waals surface area contributed by atoms with E-state index in [2.05, 4.69) is 15.8 Å². The highest BCUT2D eigenvalue weighted by Crippen LogP contribution is 2.27. The van der Waals surface area contributed by atoms with Gasteiger partial charge in [0.1, 0.15) is 18.3 Å². The standard InChI is InChI=1S/C15H18FN5O3S/c1-23-14(25)17-7-11-8-21(15(22)24-11)10-2-3-13(12(16)6-10)20-5-4-18-19-9-20/h2-3,6,9,11,18H,4-5,7-8H2,1H3,(H,17,25)/t11-/m0/s1. The molecule has 2 heterocycles. The first-order valence-corrected chi connectivity index (χ1v) is 8.11. The number of cyclic esters (lactones) is 1. The molecule has 1 saturated heterocycles. The molecule has 1 atom stereocenters. The summed E-state index contributed by atoms with van der Waals surface area (Å²) in [5.74, 6) is -0.430. The minimum Gasteiger partial charge on any atom is -0.474 e. The van der Waals surface area contributed by atoms with Gasteiger partial charge in [-0.25, -0.2) is 9.18 Å². The zero-order valence-electron chi connectivity index (χ0n) is 13.6. The summed E-state index contributed by atoms with van der Waals surface area (Å²) in [6, 6.07) is 4.63. The van der Waals surface area contributed by atoms with E-state index < -0.39 is 18.0 Å². The van der Waals surface area contributed by atoms with E-state index in [0.29, 0.717) is 37.6 Å². The van der Waals surface area contributed by atoms with Gasteiger partial charge in [0.05, 0.1) is 38.1 Å². The van der Waals surface area contributed by atoms with Gasteiger partial charge in [0.2, 0.25) is 0 Å². The van der Waals surface area contributed by atoms with E-state index in [0.717, 1.165) is 0 Å². The molecule has 0 saturated carbocycles. The fourth-order valence-corrected chi connectivity index (χ4v) is 2.67. The Morgan fingerprint density at radius 2 is 2.44 bits per heavy atom. The monoisotopic (exact) mass is 367 g/mol. The molecule has 0 aliphatic carbocycles. The number of nitrogens with zero attached hydrogens (tertiary/aromatic N) is 3. The number of nitrogens with one attached hydrogen (secondary N) is 2. The maximum Gasteiger partial charge on any atom is 0.414 e. The zero-order chi connectivity index (χ0) is 17.8. The average molecular weight is 367 g/mol. The second-order valence-corrected chi connectivity index (χ2v) is 5.84. The molecule has 134 valence electrons. The molecule has 0 aromatic heterocycles. The Hall–Kier alpha value is -2.62. The molecule has 0 bridgehead atoms. The summed E-state index contributed by atoms with van der Waals surface area (Å²) in [4.78, 5) is 15.1. The highest BCUT2D eigenvalue weighted by atomic mass is 32.1. The Balaban J connectivity index is 1.68. The van der Waals surface area contributed by atoms with Crippen LogP contribution in [0.25, 0.3) is 0 Å². The molecule has 1 amide bonds. The van der Waals surface area contributed by atoms with E-state index in [1.165, 1.54) is 24.4 Å². The predicted octanol–water partition coefficient (Wildman–Crippen LogP) is 1.02. The number of benzene rings is 1. The summed E-state index contributed by atoms with van der Waals surface area (Å²) in [5, 5.41) is 6.97. The third-order valence-electron chi connectivity index (χ3n) is 3.84. The van der Waals surface area contributed by atoms with Crippen molar-refractivity contribution in [2.75, 3.05) is 43.1 Å². The van der Waals surface area contributed by atoms with Crippen molar-refractivity contribution in [1.82, 2.24) is 10.7 Å². The Kier molecular flexibility index (Phi) is 5.17. The molecule has 1 fully saturated rings. The number of halogens is 1. The van der Waals surface area contributed by atoms with Gasteiger partial charge in [0.25, 0.3) is 5.17 Å². The minimum atomic E-state index is -0.522. The van der Waals surface area contributed by atoms with Gasteiger partial charge in [-0.2, -0.15) is 5.10 Å². The molecule has 1 aromatic carbocycles. The lowest BCUT2D eigenvalue weighted by molar-refractivity contribution is 0.142. The number of amides is 1. The number of carbonyl (C=O) groups is 1. The van der Waals surface area contributed by atoms with E-state index in [1.54, 1.807) is 17.0 Å². The van der Waals surface area contributed by atoms with Gasteiger partial charge in [0.15, 0.2) is 0 Å². The summed E-state index contributed by atoms with van der Waals surface area (Å²) in [7, 11) is 1.45. The second-order valence-electron chi connectivity index (χ2n) is 5.47. The Morgan fingerprint density at radius 3 is 3.12 bits per heavy atom. The Labute approximate surface area is 149 Å². The average Bonchev–Trinajstić information content (AvgIpc) is 3.01. The van der Waals surface area contributed by atoms with Crippen LogP contribution in [0.5, 0.6) is 0 Å². The maximum absolute atomic E-state index is 14.5. The first-order chi connectivity index (χ1) is 12.1. The smallest absolute Gasteiger partial charge is 0.414 e. The largest absolute Gasteiger partial charge is 0.474 e. The van der Waals surface area contributed by atoms with Crippen LogP contribution in [0.1, 0.15) is 0 Å². The van der Waals surface area contributed by atoms with E-state index in [1.807, 2.05) is 0 Å². The van der Waals surface area contributed by atoms with Gasteiger partial charge in [0, 0.05) is 6.54 Å². The second kappa shape index (κ2) is 7.51. The van der Waals surface area contributed by atoms with Crippen LogP contribution >= 0.6 is 12.2 Å². The molecule has 8 nitrogen and oxygen atoms in total. The van der Waals surface area contributed by atoms with Gasteiger partial charge in [-0.1, -0.05) is 0 Å². The molecule has 10 heteroatoms. The van der Waals surface area contributed by atoms with Crippen LogP contribution in [0.2, 0.25) is 0 Å². The fourth-order valence-electron chi connectivity index (χ4n) is 2.59. The SMILES string of the molecule is COC(=S)NC[C@H]1CN(c2ccc(N3C=NNCC3)c(F)c2)C(=O)O1. The highest BCUT2D eigenvalue weighted by Gasteiger charge is 2.33. The lowest BCUT2D eigenvalue weighted by Crippen LogP contribution is -2.35. The molecule has 2 aliphatic heterocycles. The minimum absolute atomic E-state index is 0.225. The summed E-state index contributed by atoms with van der Waals surface area (Å²) in [6.07, 6.45) is 0.612. The van der Waals surface area contributed by atoms with Crippen molar-refractivity contribution < 1.29 is 18.7 Å². The molecule has 0 unspecified atom stereocenters. The Morgan fingerprint density at radius 1 is 1.60 bits per heavy atom. The number of thiocarbonyl (C=S) groups is 1. The third kappa shape index (κ3) is 3.90. The molecule has 0 radical (unpaired) electrons. The number of anilines is 2. The van der Waals surface area contributed by atoms with Crippen molar-refractivity contribution in [1.29, 1.82) is 0 Å². The summed E-state index contributed by atoms with van der Waals surface area (Å²) in [5.41, 5.74) is 3.65. The number of carbonyl (C=O) groups excluding carboxylic acids is 1. The van der Waals surface area contributed by atoms with Crippen molar-refractivity contribution in [2.45, 2.75) is 6.10 Å². The van der Waals surface area contributed by atoms with Crippen LogP contribution in [0.4, 0.5) is 20.6 Å². The molecule has 25 heavy (non-hydrogen) atoms. The molecule has 2 aliphatic rings.